The third kappa shape index (κ3) is 3.06. The summed E-state index contributed by atoms with van der Waals surface area (Å²) in [5.74, 6) is 0.540. The molecule has 0 bridgehead atoms. The van der Waals surface area contributed by atoms with E-state index in [4.69, 9.17) is 0 Å². The van der Waals surface area contributed by atoms with Gasteiger partial charge in [-0.3, -0.25) is 0 Å². The molecule has 0 radical (unpaired) electrons. The summed E-state index contributed by atoms with van der Waals surface area (Å²) in [6.45, 7) is 1.83. The van der Waals surface area contributed by atoms with Gasteiger partial charge in [0.05, 0.1) is 11.1 Å². The number of para-hydroxylation sites is 1. The molecule has 2 aromatic carbocycles. The molecule has 4 heteroatoms. The van der Waals surface area contributed by atoms with E-state index in [-0.39, 0.29) is 0 Å². The van der Waals surface area contributed by atoms with E-state index in [2.05, 4.69) is 9.97 Å². The van der Waals surface area contributed by atoms with E-state index in [1.807, 2.05) is 61.5 Å². The van der Waals surface area contributed by atoms with Crippen molar-refractivity contribution >= 4 is 22.7 Å². The molecule has 1 aromatic heterocycles. The third-order valence-corrected chi connectivity index (χ3v) is 4.70. The fourth-order valence-electron chi connectivity index (χ4n) is 2.18. The molecular weight excluding hydrogens is 280 g/mol. The molecule has 0 saturated heterocycles. The van der Waals surface area contributed by atoms with Crippen molar-refractivity contribution in [3.63, 3.8) is 0 Å². The molecule has 0 aliphatic rings. The SMILES string of the molecule is CC(O)(CSc1ncnc2ccccc12)c1ccccc1. The second-order valence-corrected chi connectivity index (χ2v) is 6.09. The molecule has 3 nitrogen and oxygen atoms in total. The first-order valence-electron chi connectivity index (χ1n) is 6.77. The van der Waals surface area contributed by atoms with Crippen LogP contribution in [0, 0.1) is 0 Å². The minimum atomic E-state index is -0.891. The largest absolute Gasteiger partial charge is 0.385 e. The molecule has 0 amide bonds. The van der Waals surface area contributed by atoms with Gasteiger partial charge in [-0.05, 0) is 18.6 Å². The van der Waals surface area contributed by atoms with Crippen LogP contribution in [0.5, 0.6) is 0 Å². The number of benzene rings is 2. The molecule has 3 rings (SSSR count). The predicted molar refractivity (Wildman–Crippen MR) is 86.3 cm³/mol. The van der Waals surface area contributed by atoms with E-state index >= 15 is 0 Å². The van der Waals surface area contributed by atoms with Gasteiger partial charge in [-0.2, -0.15) is 0 Å². The summed E-state index contributed by atoms with van der Waals surface area (Å²) in [7, 11) is 0. The quantitative estimate of drug-likeness (QED) is 0.590. The van der Waals surface area contributed by atoms with Gasteiger partial charge in [-0.25, -0.2) is 9.97 Å². The summed E-state index contributed by atoms with van der Waals surface area (Å²) in [6, 6.07) is 17.6. The van der Waals surface area contributed by atoms with Crippen molar-refractivity contribution in [1.82, 2.24) is 9.97 Å². The third-order valence-electron chi connectivity index (χ3n) is 3.39. The van der Waals surface area contributed by atoms with Gasteiger partial charge in [0.25, 0.3) is 0 Å². The first-order valence-corrected chi connectivity index (χ1v) is 7.76. The maximum Gasteiger partial charge on any atom is 0.117 e. The minimum absolute atomic E-state index is 0.540. The maximum atomic E-state index is 10.7. The molecule has 1 N–H and O–H groups in total. The van der Waals surface area contributed by atoms with Gasteiger partial charge >= 0.3 is 0 Å². The summed E-state index contributed by atoms with van der Waals surface area (Å²) in [6.07, 6.45) is 1.57. The molecule has 21 heavy (non-hydrogen) atoms. The Bertz CT molecular complexity index is 739. The Morgan fingerprint density at radius 1 is 1.00 bits per heavy atom. The number of rotatable bonds is 4. The van der Waals surface area contributed by atoms with Crippen molar-refractivity contribution in [3.05, 3.63) is 66.5 Å². The number of thioether (sulfide) groups is 1. The highest BCUT2D eigenvalue weighted by atomic mass is 32.2. The molecule has 0 fully saturated rings. The van der Waals surface area contributed by atoms with Crippen molar-refractivity contribution < 1.29 is 5.11 Å². The normalized spacial score (nSPS) is 14.0. The second-order valence-electron chi connectivity index (χ2n) is 5.12. The first-order chi connectivity index (χ1) is 10.2. The van der Waals surface area contributed by atoms with Crippen LogP contribution in [0.3, 0.4) is 0 Å². The number of hydrogen-bond acceptors (Lipinski definition) is 4. The lowest BCUT2D eigenvalue weighted by Gasteiger charge is -2.23. The van der Waals surface area contributed by atoms with E-state index in [0.29, 0.717) is 5.75 Å². The topological polar surface area (TPSA) is 46.0 Å². The standard InChI is InChI=1S/C17H16N2OS/c1-17(20,13-7-3-2-4-8-13)11-21-16-14-9-5-6-10-15(14)18-12-19-16/h2-10,12,20H,11H2,1H3. The van der Waals surface area contributed by atoms with Crippen molar-refractivity contribution in [1.29, 1.82) is 0 Å². The van der Waals surface area contributed by atoms with Crippen LogP contribution in [0.25, 0.3) is 10.9 Å². The predicted octanol–water partition coefficient (Wildman–Crippen LogP) is 3.63. The van der Waals surface area contributed by atoms with E-state index in [1.54, 1.807) is 18.1 Å². The Balaban J connectivity index is 1.84. The molecule has 1 unspecified atom stereocenters. The number of aromatic nitrogens is 2. The fraction of sp³-hybridized carbons (Fsp3) is 0.176. The van der Waals surface area contributed by atoms with Crippen LogP contribution in [-0.4, -0.2) is 20.8 Å². The zero-order chi connectivity index (χ0) is 14.7. The Kier molecular flexibility index (Phi) is 3.90. The summed E-state index contributed by atoms with van der Waals surface area (Å²) >= 11 is 1.55. The molecule has 1 heterocycles. The number of hydrogen-bond donors (Lipinski definition) is 1. The monoisotopic (exact) mass is 296 g/mol. The first kappa shape index (κ1) is 14.0. The van der Waals surface area contributed by atoms with E-state index < -0.39 is 5.60 Å². The molecule has 0 aliphatic heterocycles. The average Bonchev–Trinajstić information content (AvgIpc) is 2.54. The highest BCUT2D eigenvalue weighted by Gasteiger charge is 2.23. The van der Waals surface area contributed by atoms with Crippen LogP contribution >= 0.6 is 11.8 Å². The number of aliphatic hydroxyl groups is 1. The Hall–Kier alpha value is -1.91. The molecule has 0 saturated carbocycles. The van der Waals surface area contributed by atoms with Crippen LogP contribution < -0.4 is 0 Å². The summed E-state index contributed by atoms with van der Waals surface area (Å²) in [5.41, 5.74) is 0.947. The second kappa shape index (κ2) is 5.84. The van der Waals surface area contributed by atoms with Gasteiger partial charge in [-0.1, -0.05) is 48.5 Å². The Morgan fingerprint density at radius 2 is 1.71 bits per heavy atom. The molecular formula is C17H16N2OS. The summed E-state index contributed by atoms with van der Waals surface area (Å²) in [5, 5.41) is 12.6. The lowest BCUT2D eigenvalue weighted by molar-refractivity contribution is 0.0839. The summed E-state index contributed by atoms with van der Waals surface area (Å²) in [4.78, 5) is 8.60. The minimum Gasteiger partial charge on any atom is -0.385 e. The maximum absolute atomic E-state index is 10.7. The molecule has 3 aromatic rings. The number of nitrogens with zero attached hydrogens (tertiary/aromatic N) is 2. The zero-order valence-corrected chi connectivity index (χ0v) is 12.5. The van der Waals surface area contributed by atoms with Gasteiger partial charge in [0, 0.05) is 11.1 Å². The van der Waals surface area contributed by atoms with Crippen LogP contribution in [0.2, 0.25) is 0 Å². The molecule has 0 aliphatic carbocycles. The van der Waals surface area contributed by atoms with Gasteiger partial charge in [0.2, 0.25) is 0 Å². The van der Waals surface area contributed by atoms with E-state index in [9.17, 15) is 5.11 Å². The van der Waals surface area contributed by atoms with Gasteiger partial charge in [0.1, 0.15) is 11.4 Å². The molecule has 1 atom stereocenters. The van der Waals surface area contributed by atoms with Gasteiger partial charge in [-0.15, -0.1) is 11.8 Å². The van der Waals surface area contributed by atoms with Crippen molar-refractivity contribution in [2.45, 2.75) is 17.6 Å². The molecule has 0 spiro atoms. The lowest BCUT2D eigenvalue weighted by atomic mass is 9.99. The average molecular weight is 296 g/mol. The smallest absolute Gasteiger partial charge is 0.117 e. The Labute approximate surface area is 128 Å². The van der Waals surface area contributed by atoms with Crippen LogP contribution in [-0.2, 0) is 5.60 Å². The van der Waals surface area contributed by atoms with Crippen molar-refractivity contribution in [3.8, 4) is 0 Å². The molecule has 106 valence electrons. The van der Waals surface area contributed by atoms with Gasteiger partial charge < -0.3 is 5.11 Å². The summed E-state index contributed by atoms with van der Waals surface area (Å²) < 4.78 is 0. The van der Waals surface area contributed by atoms with E-state index in [0.717, 1.165) is 21.5 Å². The zero-order valence-electron chi connectivity index (χ0n) is 11.7. The van der Waals surface area contributed by atoms with Crippen molar-refractivity contribution in [2.24, 2.45) is 0 Å². The van der Waals surface area contributed by atoms with Crippen molar-refractivity contribution in [2.75, 3.05) is 5.75 Å². The van der Waals surface area contributed by atoms with Crippen LogP contribution in [0.4, 0.5) is 0 Å². The van der Waals surface area contributed by atoms with E-state index in [1.165, 1.54) is 0 Å². The fourth-order valence-corrected chi connectivity index (χ4v) is 3.22. The number of fused-ring (bicyclic) bond motifs is 1. The highest BCUT2D eigenvalue weighted by molar-refractivity contribution is 7.99. The lowest BCUT2D eigenvalue weighted by Crippen LogP contribution is -2.24. The van der Waals surface area contributed by atoms with Gasteiger partial charge in [0.15, 0.2) is 0 Å². The highest BCUT2D eigenvalue weighted by Crippen LogP contribution is 2.31. The van der Waals surface area contributed by atoms with Crippen LogP contribution in [0.1, 0.15) is 12.5 Å². The Morgan fingerprint density at radius 3 is 2.52 bits per heavy atom. The van der Waals surface area contributed by atoms with Crippen LogP contribution in [0.15, 0.2) is 66.0 Å².